The van der Waals surface area contributed by atoms with Crippen LogP contribution in [0.1, 0.15) is 32.1 Å². The number of carbonyl (C=O) groups is 2. The summed E-state index contributed by atoms with van der Waals surface area (Å²) in [6.45, 7) is 0. The van der Waals surface area contributed by atoms with E-state index < -0.39 is 11.9 Å². The Morgan fingerprint density at radius 1 is 1.30 bits per heavy atom. The molecule has 1 aromatic carbocycles. The lowest BCUT2D eigenvalue weighted by molar-refractivity contribution is -0.129. The maximum absolute atomic E-state index is 13.1. The fourth-order valence-corrected chi connectivity index (χ4v) is 3.42. The molecule has 0 radical (unpaired) electrons. The van der Waals surface area contributed by atoms with Gasteiger partial charge in [-0.05, 0) is 31.0 Å². The number of amides is 2. The standard InChI is InChI=1S/C16H19ClFN3O2/c17-10-7-9(5-6-11(10)18)19-15(22)8-14-16(23)21-13-4-2-1-3-12(13)20-14/h5-7,12-14,20H,1-4,8H2,(H,19,22)(H,21,23)/t12-,13+,14+/m0/s1. The van der Waals surface area contributed by atoms with Gasteiger partial charge in [0.05, 0.1) is 17.5 Å². The van der Waals surface area contributed by atoms with Crippen LogP contribution in [0.15, 0.2) is 18.2 Å². The van der Waals surface area contributed by atoms with Gasteiger partial charge in [0.1, 0.15) is 5.82 Å². The van der Waals surface area contributed by atoms with Gasteiger partial charge in [0.25, 0.3) is 0 Å². The highest BCUT2D eigenvalue weighted by Gasteiger charge is 2.36. The molecule has 2 amide bonds. The van der Waals surface area contributed by atoms with Crippen molar-refractivity contribution in [1.29, 1.82) is 0 Å². The molecule has 3 N–H and O–H groups in total. The zero-order chi connectivity index (χ0) is 16.4. The minimum Gasteiger partial charge on any atom is -0.350 e. The van der Waals surface area contributed by atoms with Crippen LogP contribution < -0.4 is 16.0 Å². The molecule has 1 aliphatic carbocycles. The van der Waals surface area contributed by atoms with Crippen LogP contribution in [-0.2, 0) is 9.59 Å². The van der Waals surface area contributed by atoms with Gasteiger partial charge in [0, 0.05) is 17.8 Å². The smallest absolute Gasteiger partial charge is 0.237 e. The molecular formula is C16H19ClFN3O2. The Labute approximate surface area is 139 Å². The average Bonchev–Trinajstić information content (AvgIpc) is 2.51. The number of anilines is 1. The molecule has 0 aromatic heterocycles. The van der Waals surface area contributed by atoms with Gasteiger partial charge in [-0.3, -0.25) is 9.59 Å². The summed E-state index contributed by atoms with van der Waals surface area (Å²) in [6, 6.07) is 3.84. The topological polar surface area (TPSA) is 70.2 Å². The second-order valence-electron chi connectivity index (χ2n) is 6.11. The summed E-state index contributed by atoms with van der Waals surface area (Å²) >= 11 is 5.69. The third-order valence-electron chi connectivity index (χ3n) is 4.42. The van der Waals surface area contributed by atoms with Gasteiger partial charge in [0.2, 0.25) is 11.8 Å². The molecule has 5 nitrogen and oxygen atoms in total. The van der Waals surface area contributed by atoms with Crippen LogP contribution in [0, 0.1) is 5.82 Å². The molecule has 2 fully saturated rings. The first-order valence-electron chi connectivity index (χ1n) is 7.84. The normalized spacial score (nSPS) is 27.0. The second-order valence-corrected chi connectivity index (χ2v) is 6.51. The highest BCUT2D eigenvalue weighted by Crippen LogP contribution is 2.23. The Balaban J connectivity index is 1.58. The minimum atomic E-state index is -0.540. The van der Waals surface area contributed by atoms with E-state index in [9.17, 15) is 14.0 Å². The van der Waals surface area contributed by atoms with E-state index in [0.29, 0.717) is 5.69 Å². The van der Waals surface area contributed by atoms with Crippen LogP contribution in [0.4, 0.5) is 10.1 Å². The van der Waals surface area contributed by atoms with Gasteiger partial charge in [-0.2, -0.15) is 0 Å². The summed E-state index contributed by atoms with van der Waals surface area (Å²) in [6.07, 6.45) is 4.29. The largest absolute Gasteiger partial charge is 0.350 e. The molecule has 1 saturated heterocycles. The summed E-state index contributed by atoms with van der Waals surface area (Å²) in [5, 5.41) is 8.87. The van der Waals surface area contributed by atoms with Gasteiger partial charge in [-0.15, -0.1) is 0 Å². The van der Waals surface area contributed by atoms with E-state index in [1.165, 1.54) is 18.2 Å². The molecule has 0 spiro atoms. The van der Waals surface area contributed by atoms with E-state index in [0.717, 1.165) is 25.7 Å². The first-order valence-corrected chi connectivity index (χ1v) is 8.22. The highest BCUT2D eigenvalue weighted by atomic mass is 35.5. The lowest BCUT2D eigenvalue weighted by Crippen LogP contribution is -2.65. The first-order chi connectivity index (χ1) is 11.0. The molecule has 124 valence electrons. The van der Waals surface area contributed by atoms with E-state index in [-0.39, 0.29) is 35.3 Å². The maximum Gasteiger partial charge on any atom is 0.237 e. The Hall–Kier alpha value is -1.66. The average molecular weight is 340 g/mol. The van der Waals surface area contributed by atoms with Crippen molar-refractivity contribution in [3.8, 4) is 0 Å². The first kappa shape index (κ1) is 16.2. The molecule has 23 heavy (non-hydrogen) atoms. The third-order valence-corrected chi connectivity index (χ3v) is 4.71. The van der Waals surface area contributed by atoms with E-state index in [1.54, 1.807) is 0 Å². The molecule has 1 heterocycles. The highest BCUT2D eigenvalue weighted by molar-refractivity contribution is 6.31. The predicted octanol–water partition coefficient (Wildman–Crippen LogP) is 2.21. The van der Waals surface area contributed by atoms with E-state index in [4.69, 9.17) is 11.6 Å². The number of carbonyl (C=O) groups excluding carboxylic acids is 2. The third kappa shape index (κ3) is 3.82. The second kappa shape index (κ2) is 6.84. The SMILES string of the molecule is O=C(C[C@H]1N[C@H]2CCCC[C@H]2NC1=O)Nc1ccc(F)c(Cl)c1. The van der Waals surface area contributed by atoms with E-state index in [1.807, 2.05) is 0 Å². The van der Waals surface area contributed by atoms with Gasteiger partial charge in [-0.1, -0.05) is 24.4 Å². The molecule has 7 heteroatoms. The van der Waals surface area contributed by atoms with Gasteiger partial charge in [0.15, 0.2) is 0 Å². The summed E-state index contributed by atoms with van der Waals surface area (Å²) in [5.41, 5.74) is 0.410. The number of rotatable bonds is 3. The maximum atomic E-state index is 13.1. The van der Waals surface area contributed by atoms with Crippen molar-refractivity contribution >= 4 is 29.1 Å². The van der Waals surface area contributed by atoms with Crippen LogP contribution in [-0.4, -0.2) is 29.9 Å². The van der Waals surface area contributed by atoms with E-state index >= 15 is 0 Å². The lowest BCUT2D eigenvalue weighted by Gasteiger charge is -2.40. The summed E-state index contributed by atoms with van der Waals surface area (Å²) in [7, 11) is 0. The zero-order valence-electron chi connectivity index (χ0n) is 12.6. The Morgan fingerprint density at radius 3 is 2.78 bits per heavy atom. The predicted molar refractivity (Wildman–Crippen MR) is 85.8 cm³/mol. The molecular weight excluding hydrogens is 321 g/mol. The summed E-state index contributed by atoms with van der Waals surface area (Å²) in [5.74, 6) is -0.989. The summed E-state index contributed by atoms with van der Waals surface area (Å²) < 4.78 is 13.1. The van der Waals surface area contributed by atoms with Crippen molar-refractivity contribution in [3.05, 3.63) is 29.0 Å². The van der Waals surface area contributed by atoms with Gasteiger partial charge in [-0.25, -0.2) is 4.39 Å². The van der Waals surface area contributed by atoms with Crippen molar-refractivity contribution in [1.82, 2.24) is 10.6 Å². The number of piperazine rings is 1. The van der Waals surface area contributed by atoms with Crippen molar-refractivity contribution in [2.45, 2.75) is 50.2 Å². The molecule has 3 rings (SSSR count). The number of benzene rings is 1. The molecule has 1 saturated carbocycles. The molecule has 1 aliphatic heterocycles. The van der Waals surface area contributed by atoms with Crippen molar-refractivity contribution < 1.29 is 14.0 Å². The number of fused-ring (bicyclic) bond motifs is 1. The monoisotopic (exact) mass is 339 g/mol. The van der Waals surface area contributed by atoms with Crippen LogP contribution in [0.25, 0.3) is 0 Å². The Bertz CT molecular complexity index is 625. The number of hydrogen-bond acceptors (Lipinski definition) is 3. The number of hydrogen-bond donors (Lipinski definition) is 3. The minimum absolute atomic E-state index is 0.0318. The molecule has 1 aromatic rings. The van der Waals surface area contributed by atoms with Crippen molar-refractivity contribution in [2.75, 3.05) is 5.32 Å². The van der Waals surface area contributed by atoms with Crippen LogP contribution in [0.3, 0.4) is 0 Å². The van der Waals surface area contributed by atoms with Crippen molar-refractivity contribution in [3.63, 3.8) is 0 Å². The Morgan fingerprint density at radius 2 is 2.04 bits per heavy atom. The van der Waals surface area contributed by atoms with Crippen LogP contribution in [0.2, 0.25) is 5.02 Å². The number of nitrogens with one attached hydrogen (secondary N) is 3. The molecule has 0 bridgehead atoms. The molecule has 3 atom stereocenters. The molecule has 0 unspecified atom stereocenters. The van der Waals surface area contributed by atoms with Crippen molar-refractivity contribution in [2.24, 2.45) is 0 Å². The van der Waals surface area contributed by atoms with Gasteiger partial charge < -0.3 is 16.0 Å². The van der Waals surface area contributed by atoms with Gasteiger partial charge >= 0.3 is 0 Å². The quantitative estimate of drug-likeness (QED) is 0.790. The summed E-state index contributed by atoms with van der Waals surface area (Å²) in [4.78, 5) is 24.2. The number of halogens is 2. The molecule has 2 aliphatic rings. The van der Waals surface area contributed by atoms with Crippen LogP contribution in [0.5, 0.6) is 0 Å². The fraction of sp³-hybridized carbons (Fsp3) is 0.500. The zero-order valence-corrected chi connectivity index (χ0v) is 13.3. The fourth-order valence-electron chi connectivity index (χ4n) is 3.24. The van der Waals surface area contributed by atoms with E-state index in [2.05, 4.69) is 16.0 Å². The Kier molecular flexibility index (Phi) is 4.82. The van der Waals surface area contributed by atoms with Crippen LogP contribution >= 0.6 is 11.6 Å². The lowest BCUT2D eigenvalue weighted by atomic mass is 9.87.